The molecule has 0 aliphatic carbocycles. The van der Waals surface area contributed by atoms with Crippen molar-refractivity contribution in [2.45, 2.75) is 19.1 Å². The van der Waals surface area contributed by atoms with Gasteiger partial charge < -0.3 is 15.2 Å². The Morgan fingerprint density at radius 3 is 2.42 bits per heavy atom. The van der Waals surface area contributed by atoms with Crippen LogP contribution in [0.2, 0.25) is 0 Å². The summed E-state index contributed by atoms with van der Waals surface area (Å²) in [5, 5.41) is 12.2. The van der Waals surface area contributed by atoms with Gasteiger partial charge in [-0.05, 0) is 17.2 Å². The van der Waals surface area contributed by atoms with Gasteiger partial charge in [-0.3, -0.25) is 10.2 Å². The van der Waals surface area contributed by atoms with E-state index in [0.717, 1.165) is 5.56 Å². The van der Waals surface area contributed by atoms with Gasteiger partial charge in [0.1, 0.15) is 18.4 Å². The molecule has 0 heterocycles. The monoisotopic (exact) mass is 329 g/mol. The number of ether oxygens (including phenoxy) is 1. The van der Waals surface area contributed by atoms with Crippen LogP contribution < -0.4 is 16.6 Å². The van der Waals surface area contributed by atoms with Crippen molar-refractivity contribution in [3.05, 3.63) is 65.7 Å². The SMILES string of the molecule is NNC(=O)C(Cc1ccccc1O)NC(=O)OCc1ccccc1. The summed E-state index contributed by atoms with van der Waals surface area (Å²) in [4.78, 5) is 23.8. The van der Waals surface area contributed by atoms with Crippen LogP contribution in [-0.2, 0) is 22.6 Å². The minimum atomic E-state index is -0.966. The van der Waals surface area contributed by atoms with Crippen LogP contribution in [0.15, 0.2) is 54.6 Å². The number of benzene rings is 2. The van der Waals surface area contributed by atoms with E-state index in [1.165, 1.54) is 6.07 Å². The molecule has 7 heteroatoms. The maximum atomic E-state index is 11.9. The maximum absolute atomic E-state index is 11.9. The third-order valence-corrected chi connectivity index (χ3v) is 3.38. The molecule has 2 rings (SSSR count). The molecule has 0 spiro atoms. The largest absolute Gasteiger partial charge is 0.508 e. The van der Waals surface area contributed by atoms with Gasteiger partial charge in [0.2, 0.25) is 0 Å². The lowest BCUT2D eigenvalue weighted by Crippen LogP contribution is -2.50. The predicted octanol–water partition coefficient (Wildman–Crippen LogP) is 1.22. The Balaban J connectivity index is 1.97. The molecule has 0 saturated carbocycles. The van der Waals surface area contributed by atoms with Gasteiger partial charge in [0, 0.05) is 6.42 Å². The van der Waals surface area contributed by atoms with E-state index in [-0.39, 0.29) is 18.8 Å². The first kappa shape index (κ1) is 17.3. The molecule has 7 nitrogen and oxygen atoms in total. The van der Waals surface area contributed by atoms with Crippen LogP contribution in [0.25, 0.3) is 0 Å². The highest BCUT2D eigenvalue weighted by molar-refractivity contribution is 5.85. The summed E-state index contributed by atoms with van der Waals surface area (Å²) in [7, 11) is 0. The number of phenols is 1. The average molecular weight is 329 g/mol. The van der Waals surface area contributed by atoms with E-state index in [2.05, 4.69) is 5.32 Å². The molecule has 2 amide bonds. The topological polar surface area (TPSA) is 114 Å². The van der Waals surface area contributed by atoms with Crippen LogP contribution in [0.4, 0.5) is 4.79 Å². The quantitative estimate of drug-likeness (QED) is 0.361. The van der Waals surface area contributed by atoms with Crippen LogP contribution in [0.5, 0.6) is 5.75 Å². The summed E-state index contributed by atoms with van der Waals surface area (Å²) >= 11 is 0. The van der Waals surface area contributed by atoms with Gasteiger partial charge in [-0.2, -0.15) is 0 Å². The van der Waals surface area contributed by atoms with E-state index < -0.39 is 18.0 Å². The first-order chi connectivity index (χ1) is 11.6. The highest BCUT2D eigenvalue weighted by Gasteiger charge is 2.22. The lowest BCUT2D eigenvalue weighted by molar-refractivity contribution is -0.123. The molecule has 2 aromatic carbocycles. The van der Waals surface area contributed by atoms with Gasteiger partial charge >= 0.3 is 6.09 Å². The molecule has 0 aliphatic rings. The fraction of sp³-hybridized carbons (Fsp3) is 0.176. The van der Waals surface area contributed by atoms with Crippen LogP contribution >= 0.6 is 0 Å². The van der Waals surface area contributed by atoms with Crippen molar-refractivity contribution >= 4 is 12.0 Å². The molecule has 2 aromatic rings. The fourth-order valence-electron chi connectivity index (χ4n) is 2.12. The van der Waals surface area contributed by atoms with E-state index in [1.54, 1.807) is 18.2 Å². The maximum Gasteiger partial charge on any atom is 0.408 e. The lowest BCUT2D eigenvalue weighted by Gasteiger charge is -2.17. The second-order valence-corrected chi connectivity index (χ2v) is 5.10. The van der Waals surface area contributed by atoms with E-state index in [9.17, 15) is 14.7 Å². The van der Waals surface area contributed by atoms with Crippen LogP contribution in [0.1, 0.15) is 11.1 Å². The smallest absolute Gasteiger partial charge is 0.408 e. The Labute approximate surface area is 139 Å². The minimum Gasteiger partial charge on any atom is -0.508 e. The van der Waals surface area contributed by atoms with Crippen LogP contribution in [-0.4, -0.2) is 23.1 Å². The Morgan fingerprint density at radius 1 is 1.08 bits per heavy atom. The second-order valence-electron chi connectivity index (χ2n) is 5.10. The molecule has 1 unspecified atom stereocenters. The summed E-state index contributed by atoms with van der Waals surface area (Å²) in [6, 6.07) is 14.7. The summed E-state index contributed by atoms with van der Waals surface area (Å²) in [6.07, 6.45) is -0.668. The standard InChI is InChI=1S/C17H19N3O4/c18-20-16(22)14(10-13-8-4-5-9-15(13)21)19-17(23)24-11-12-6-2-1-3-7-12/h1-9,14,21H,10-11,18H2,(H,19,23)(H,20,22). The Hall–Kier alpha value is -3.06. The highest BCUT2D eigenvalue weighted by atomic mass is 16.5. The molecule has 24 heavy (non-hydrogen) atoms. The highest BCUT2D eigenvalue weighted by Crippen LogP contribution is 2.17. The van der Waals surface area contributed by atoms with Gasteiger partial charge in [-0.1, -0.05) is 48.5 Å². The van der Waals surface area contributed by atoms with E-state index in [4.69, 9.17) is 10.6 Å². The van der Waals surface area contributed by atoms with Crippen molar-refractivity contribution in [3.63, 3.8) is 0 Å². The first-order valence-electron chi connectivity index (χ1n) is 7.34. The third kappa shape index (κ3) is 4.99. The number of alkyl carbamates (subject to hydrolysis) is 1. The number of hydrazine groups is 1. The predicted molar refractivity (Wildman–Crippen MR) is 87.7 cm³/mol. The normalized spacial score (nSPS) is 11.4. The van der Waals surface area contributed by atoms with Crippen molar-refractivity contribution in [2.24, 2.45) is 5.84 Å². The van der Waals surface area contributed by atoms with Crippen molar-refractivity contribution in [3.8, 4) is 5.75 Å². The molecular weight excluding hydrogens is 310 g/mol. The summed E-state index contributed by atoms with van der Waals surface area (Å²) in [5.41, 5.74) is 3.33. The lowest BCUT2D eigenvalue weighted by atomic mass is 10.0. The summed E-state index contributed by atoms with van der Waals surface area (Å²) in [6.45, 7) is 0.0836. The number of hydrogen-bond donors (Lipinski definition) is 4. The van der Waals surface area contributed by atoms with E-state index >= 15 is 0 Å². The second kappa shape index (κ2) is 8.54. The molecule has 0 bridgehead atoms. The number of aromatic hydroxyl groups is 1. The summed E-state index contributed by atoms with van der Waals surface area (Å²) in [5.74, 6) is 4.60. The van der Waals surface area contributed by atoms with Crippen LogP contribution in [0, 0.1) is 0 Å². The molecule has 0 radical (unpaired) electrons. The van der Waals surface area contributed by atoms with Gasteiger partial charge in [0.05, 0.1) is 0 Å². The van der Waals surface area contributed by atoms with Gasteiger partial charge in [-0.15, -0.1) is 0 Å². The molecule has 5 N–H and O–H groups in total. The molecule has 0 fully saturated rings. The van der Waals surface area contributed by atoms with Crippen molar-refractivity contribution < 1.29 is 19.4 Å². The molecule has 0 saturated heterocycles. The molecule has 126 valence electrons. The Bertz CT molecular complexity index is 691. The minimum absolute atomic E-state index is 0.0341. The van der Waals surface area contributed by atoms with Crippen LogP contribution in [0.3, 0.4) is 0 Å². The number of carbonyl (C=O) groups is 2. The molecular formula is C17H19N3O4. The number of amides is 2. The number of nitrogens with two attached hydrogens (primary N) is 1. The number of nitrogens with one attached hydrogen (secondary N) is 2. The Kier molecular flexibility index (Phi) is 6.16. The molecule has 1 atom stereocenters. The first-order valence-corrected chi connectivity index (χ1v) is 7.34. The summed E-state index contributed by atoms with van der Waals surface area (Å²) < 4.78 is 5.09. The zero-order valence-corrected chi connectivity index (χ0v) is 12.9. The van der Waals surface area contributed by atoms with E-state index in [1.807, 2.05) is 35.8 Å². The number of carbonyl (C=O) groups excluding carboxylic acids is 2. The van der Waals surface area contributed by atoms with Crippen molar-refractivity contribution in [1.29, 1.82) is 0 Å². The zero-order valence-electron chi connectivity index (χ0n) is 12.9. The Morgan fingerprint density at radius 2 is 1.75 bits per heavy atom. The van der Waals surface area contributed by atoms with Crippen molar-refractivity contribution in [2.75, 3.05) is 0 Å². The number of hydrogen-bond acceptors (Lipinski definition) is 5. The number of phenolic OH excluding ortho intramolecular Hbond substituents is 1. The third-order valence-electron chi connectivity index (χ3n) is 3.38. The fourth-order valence-corrected chi connectivity index (χ4v) is 2.12. The van der Waals surface area contributed by atoms with E-state index in [0.29, 0.717) is 5.56 Å². The zero-order chi connectivity index (χ0) is 17.4. The van der Waals surface area contributed by atoms with Crippen molar-refractivity contribution in [1.82, 2.24) is 10.7 Å². The molecule has 0 aromatic heterocycles. The average Bonchev–Trinajstić information content (AvgIpc) is 2.61. The number of rotatable bonds is 6. The van der Waals surface area contributed by atoms with Gasteiger partial charge in [0.25, 0.3) is 5.91 Å². The van der Waals surface area contributed by atoms with Gasteiger partial charge in [-0.25, -0.2) is 10.6 Å². The molecule has 0 aliphatic heterocycles. The number of para-hydroxylation sites is 1. The van der Waals surface area contributed by atoms with Gasteiger partial charge in [0.15, 0.2) is 0 Å².